The van der Waals surface area contributed by atoms with Crippen LogP contribution < -0.4 is 11.1 Å². The molecule has 0 aromatic heterocycles. The molecule has 172 valence electrons. The van der Waals surface area contributed by atoms with Crippen LogP contribution in [0.5, 0.6) is 0 Å². The lowest BCUT2D eigenvalue weighted by molar-refractivity contribution is -0.123. The number of carbonyl (C=O) groups is 4. The van der Waals surface area contributed by atoms with Crippen LogP contribution in [0.2, 0.25) is 0 Å². The number of ether oxygens (including phenoxy) is 2. The summed E-state index contributed by atoms with van der Waals surface area (Å²) in [6.45, 7) is 1.45. The number of nitrogens with one attached hydrogen (secondary N) is 1. The summed E-state index contributed by atoms with van der Waals surface area (Å²) in [6, 6.07) is 20.0. The van der Waals surface area contributed by atoms with Crippen LogP contribution in [-0.2, 0) is 20.7 Å². The first-order chi connectivity index (χ1) is 16.3. The second-order valence-electron chi connectivity index (χ2n) is 7.86. The molecule has 0 fully saturated rings. The summed E-state index contributed by atoms with van der Waals surface area (Å²) in [7, 11) is 0. The smallest absolute Gasteiger partial charge is 0.339 e. The summed E-state index contributed by atoms with van der Waals surface area (Å²) < 4.78 is 10.9. The molecule has 4 rings (SSSR count). The van der Waals surface area contributed by atoms with Crippen LogP contribution in [0.1, 0.15) is 55.2 Å². The van der Waals surface area contributed by atoms with Gasteiger partial charge >= 0.3 is 11.9 Å². The predicted octanol–water partition coefficient (Wildman–Crippen LogP) is 3.42. The molecule has 34 heavy (non-hydrogen) atoms. The number of benzene rings is 3. The van der Waals surface area contributed by atoms with Crippen molar-refractivity contribution in [1.29, 1.82) is 0 Å². The topological polar surface area (TPSA) is 125 Å². The number of hydrogen-bond acceptors (Lipinski definition) is 6. The van der Waals surface area contributed by atoms with Crippen LogP contribution in [0, 0.1) is 0 Å². The molecule has 3 aromatic carbocycles. The van der Waals surface area contributed by atoms with Crippen molar-refractivity contribution in [2.24, 2.45) is 5.73 Å². The third-order valence-electron chi connectivity index (χ3n) is 5.48. The first kappa shape index (κ1) is 22.7. The number of rotatable bonds is 6. The number of primary amides is 1. The fourth-order valence-electron chi connectivity index (χ4n) is 3.62. The van der Waals surface area contributed by atoms with Gasteiger partial charge in [0, 0.05) is 17.7 Å². The maximum Gasteiger partial charge on any atom is 0.339 e. The van der Waals surface area contributed by atoms with Gasteiger partial charge in [-0.1, -0.05) is 30.3 Å². The summed E-state index contributed by atoms with van der Waals surface area (Å²) in [5.41, 5.74) is 8.10. The van der Waals surface area contributed by atoms with Crippen LogP contribution in [0.15, 0.2) is 72.8 Å². The van der Waals surface area contributed by atoms with Crippen molar-refractivity contribution in [3.63, 3.8) is 0 Å². The Morgan fingerprint density at radius 3 is 2.35 bits per heavy atom. The highest BCUT2D eigenvalue weighted by atomic mass is 16.6. The minimum absolute atomic E-state index is 0.228. The average Bonchev–Trinajstić information content (AvgIpc) is 2.84. The zero-order valence-corrected chi connectivity index (χ0v) is 18.3. The van der Waals surface area contributed by atoms with Gasteiger partial charge in [0.15, 0.2) is 6.10 Å². The standard InChI is InChI=1S/C26H22N2O6/c1-15(24(30)28-20-10-7-17(8-11-20)23(27)29)33-25(31)18-9-12-21-19(13-18)14-22(34-26(21)32)16-5-3-2-4-6-16/h2-13,15,22H,14H2,1H3,(H2,27,29)(H,28,30). The Balaban J connectivity index is 1.42. The molecular formula is C26H22N2O6. The van der Waals surface area contributed by atoms with Crippen molar-refractivity contribution >= 4 is 29.4 Å². The Morgan fingerprint density at radius 1 is 1.00 bits per heavy atom. The van der Waals surface area contributed by atoms with E-state index in [4.69, 9.17) is 15.2 Å². The molecule has 2 amide bonds. The SMILES string of the molecule is CC(OC(=O)c1ccc2c(c1)CC(c1ccccc1)OC2=O)C(=O)Nc1ccc(C(N)=O)cc1. The van der Waals surface area contributed by atoms with Gasteiger partial charge in [-0.05, 0) is 60.5 Å². The molecule has 0 radical (unpaired) electrons. The average molecular weight is 458 g/mol. The largest absolute Gasteiger partial charge is 0.454 e. The number of cyclic esters (lactones) is 1. The van der Waals surface area contributed by atoms with Gasteiger partial charge in [0.2, 0.25) is 5.91 Å². The van der Waals surface area contributed by atoms with Gasteiger partial charge in [0.25, 0.3) is 5.91 Å². The van der Waals surface area contributed by atoms with E-state index in [-0.39, 0.29) is 5.56 Å². The Bertz CT molecular complexity index is 1250. The molecule has 3 N–H and O–H groups in total. The van der Waals surface area contributed by atoms with E-state index in [0.717, 1.165) is 5.56 Å². The van der Waals surface area contributed by atoms with E-state index in [1.165, 1.54) is 43.3 Å². The summed E-state index contributed by atoms with van der Waals surface area (Å²) in [6.07, 6.45) is -1.11. The molecule has 8 nitrogen and oxygen atoms in total. The van der Waals surface area contributed by atoms with Crippen LogP contribution in [0.4, 0.5) is 5.69 Å². The zero-order valence-electron chi connectivity index (χ0n) is 18.3. The molecule has 8 heteroatoms. The van der Waals surface area contributed by atoms with E-state index < -0.39 is 36.0 Å². The molecule has 0 bridgehead atoms. The fraction of sp³-hybridized carbons (Fsp3) is 0.154. The van der Waals surface area contributed by atoms with E-state index in [1.54, 1.807) is 6.07 Å². The van der Waals surface area contributed by atoms with Crippen molar-refractivity contribution in [1.82, 2.24) is 0 Å². The van der Waals surface area contributed by atoms with Gasteiger partial charge in [-0.3, -0.25) is 9.59 Å². The van der Waals surface area contributed by atoms with Crippen LogP contribution >= 0.6 is 0 Å². The minimum atomic E-state index is -1.08. The van der Waals surface area contributed by atoms with Crippen molar-refractivity contribution in [3.8, 4) is 0 Å². The highest BCUT2D eigenvalue weighted by Crippen LogP contribution is 2.31. The normalized spacial score (nSPS) is 15.4. The Labute approximate surface area is 195 Å². The molecule has 1 aliphatic rings. The van der Waals surface area contributed by atoms with Gasteiger partial charge in [-0.2, -0.15) is 0 Å². The summed E-state index contributed by atoms with van der Waals surface area (Å²) in [5.74, 6) is -2.26. The fourth-order valence-corrected chi connectivity index (χ4v) is 3.62. The first-order valence-electron chi connectivity index (χ1n) is 10.6. The Morgan fingerprint density at radius 2 is 1.68 bits per heavy atom. The molecule has 1 heterocycles. The number of hydrogen-bond donors (Lipinski definition) is 2. The lowest BCUT2D eigenvalue weighted by Crippen LogP contribution is -2.30. The van der Waals surface area contributed by atoms with Crippen LogP contribution in [-0.4, -0.2) is 29.9 Å². The molecule has 3 aromatic rings. The van der Waals surface area contributed by atoms with E-state index in [2.05, 4.69) is 5.32 Å². The molecule has 1 aliphatic heterocycles. The van der Waals surface area contributed by atoms with Gasteiger partial charge in [0.05, 0.1) is 11.1 Å². The number of esters is 2. The first-order valence-corrected chi connectivity index (χ1v) is 10.6. The lowest BCUT2D eigenvalue weighted by atomic mass is 9.93. The molecule has 0 saturated heterocycles. The highest BCUT2D eigenvalue weighted by Gasteiger charge is 2.29. The Hall–Kier alpha value is -4.46. The third kappa shape index (κ3) is 4.96. The lowest BCUT2D eigenvalue weighted by Gasteiger charge is -2.25. The second-order valence-corrected chi connectivity index (χ2v) is 7.86. The minimum Gasteiger partial charge on any atom is -0.454 e. The van der Waals surface area contributed by atoms with Crippen molar-refractivity contribution in [2.75, 3.05) is 5.32 Å². The maximum absolute atomic E-state index is 12.7. The van der Waals surface area contributed by atoms with Gasteiger partial charge < -0.3 is 20.5 Å². The molecule has 0 saturated carbocycles. The number of nitrogens with two attached hydrogens (primary N) is 1. The molecule has 0 spiro atoms. The van der Waals surface area contributed by atoms with Crippen molar-refractivity contribution in [3.05, 3.63) is 101 Å². The molecule has 2 atom stereocenters. The van der Waals surface area contributed by atoms with Crippen molar-refractivity contribution in [2.45, 2.75) is 25.6 Å². The van der Waals surface area contributed by atoms with Gasteiger partial charge in [0.1, 0.15) is 6.10 Å². The maximum atomic E-state index is 12.7. The second kappa shape index (κ2) is 9.58. The predicted molar refractivity (Wildman–Crippen MR) is 123 cm³/mol. The highest BCUT2D eigenvalue weighted by molar-refractivity contribution is 5.99. The van der Waals surface area contributed by atoms with E-state index in [0.29, 0.717) is 28.8 Å². The summed E-state index contributed by atoms with van der Waals surface area (Å²) in [4.78, 5) is 48.7. The molecule has 2 unspecified atom stereocenters. The quantitative estimate of drug-likeness (QED) is 0.546. The van der Waals surface area contributed by atoms with Crippen LogP contribution in [0.3, 0.4) is 0 Å². The Kier molecular flexibility index (Phi) is 6.40. The van der Waals surface area contributed by atoms with E-state index in [9.17, 15) is 19.2 Å². The van der Waals surface area contributed by atoms with Crippen molar-refractivity contribution < 1.29 is 28.7 Å². The summed E-state index contributed by atoms with van der Waals surface area (Å²) >= 11 is 0. The molecule has 0 aliphatic carbocycles. The monoisotopic (exact) mass is 458 g/mol. The van der Waals surface area contributed by atoms with Gasteiger partial charge in [-0.25, -0.2) is 9.59 Å². The number of anilines is 1. The van der Waals surface area contributed by atoms with E-state index in [1.807, 2.05) is 30.3 Å². The van der Waals surface area contributed by atoms with Crippen LogP contribution in [0.25, 0.3) is 0 Å². The van der Waals surface area contributed by atoms with Gasteiger partial charge in [-0.15, -0.1) is 0 Å². The number of amides is 2. The number of fused-ring (bicyclic) bond motifs is 1. The van der Waals surface area contributed by atoms with E-state index >= 15 is 0 Å². The zero-order chi connectivity index (χ0) is 24.2. The summed E-state index contributed by atoms with van der Waals surface area (Å²) in [5, 5.41) is 2.61. The number of carbonyl (C=O) groups excluding carboxylic acids is 4. The molecular weight excluding hydrogens is 436 g/mol. The third-order valence-corrected chi connectivity index (χ3v) is 5.48.